The van der Waals surface area contributed by atoms with Crippen LogP contribution in [0.2, 0.25) is 0 Å². The summed E-state index contributed by atoms with van der Waals surface area (Å²) in [4.78, 5) is 14.0. The van der Waals surface area contributed by atoms with Crippen LogP contribution in [0.4, 0.5) is 5.82 Å². The fraction of sp³-hybridized carbons (Fsp3) is 0.500. The van der Waals surface area contributed by atoms with Gasteiger partial charge in [-0.3, -0.25) is 0 Å². The van der Waals surface area contributed by atoms with Crippen molar-refractivity contribution in [2.24, 2.45) is 11.1 Å². The van der Waals surface area contributed by atoms with Crippen LogP contribution in [0.25, 0.3) is 11.3 Å². The lowest BCUT2D eigenvalue weighted by Crippen LogP contribution is -2.47. The number of rotatable bonds is 4. The van der Waals surface area contributed by atoms with Gasteiger partial charge in [-0.2, -0.15) is 0 Å². The Morgan fingerprint density at radius 3 is 2.41 bits per heavy atom. The average molecular weight is 444 g/mol. The molecule has 3 N–H and O–H groups in total. The molecule has 1 aliphatic heterocycles. The lowest BCUT2D eigenvalue weighted by molar-refractivity contribution is 0.0697. The van der Waals surface area contributed by atoms with Crippen LogP contribution < -0.4 is 15.4 Å². The summed E-state index contributed by atoms with van der Waals surface area (Å²) in [5.74, 6) is 0.354. The molecule has 2 fully saturated rings. The minimum atomic E-state index is -1.03. The molecule has 29 heavy (non-hydrogen) atoms. The van der Waals surface area contributed by atoms with Crippen molar-refractivity contribution in [2.75, 3.05) is 25.1 Å². The molecule has 2 aromatic rings. The van der Waals surface area contributed by atoms with Gasteiger partial charge in [-0.05, 0) is 55.4 Å². The van der Waals surface area contributed by atoms with Crippen LogP contribution >= 0.6 is 24.8 Å². The molecule has 2 aliphatic rings. The predicted octanol–water partition coefficient (Wildman–Crippen LogP) is 3.99. The summed E-state index contributed by atoms with van der Waals surface area (Å²) in [7, 11) is 1.59. The number of aromatic nitrogens is 1. The van der Waals surface area contributed by atoms with E-state index in [1.54, 1.807) is 31.4 Å². The van der Waals surface area contributed by atoms with Crippen LogP contribution in [0.3, 0.4) is 0 Å². The largest absolute Gasteiger partial charge is 0.497 e. The molecule has 160 valence electrons. The van der Waals surface area contributed by atoms with E-state index in [0.717, 1.165) is 32.4 Å². The predicted molar refractivity (Wildman–Crippen MR) is 116 cm³/mol. The maximum Gasteiger partial charge on any atom is 0.343 e. The summed E-state index contributed by atoms with van der Waals surface area (Å²) in [5, 5.41) is 13.9. The summed E-state index contributed by atoms with van der Waals surface area (Å²) >= 11 is 0. The fourth-order valence-electron chi connectivity index (χ4n) is 4.58. The molecular weight excluding hydrogens is 417 g/mol. The summed E-state index contributed by atoms with van der Waals surface area (Å²) in [6.07, 6.45) is 5.39. The molecule has 0 bridgehead atoms. The SMILES string of the molecule is COc1ccc(-c2onc(N3CCC4(CCCC4N)CC3)c2C(=O)O)cc1.Cl.Cl. The van der Waals surface area contributed by atoms with E-state index >= 15 is 0 Å². The van der Waals surface area contributed by atoms with E-state index in [2.05, 4.69) is 5.16 Å². The molecular formula is C20H27Cl2N3O4. The van der Waals surface area contributed by atoms with Gasteiger partial charge in [-0.15, -0.1) is 24.8 Å². The Balaban J connectivity index is 0.00000150. The van der Waals surface area contributed by atoms with E-state index in [0.29, 0.717) is 17.1 Å². The third-order valence-electron chi connectivity index (χ3n) is 6.28. The number of carbonyl (C=O) groups is 1. The number of hydrogen-bond donors (Lipinski definition) is 2. The number of nitrogens with zero attached hydrogens (tertiary/aromatic N) is 2. The standard InChI is InChI=1S/C20H25N3O4.2ClH/c1-26-14-6-4-13(5-7-14)17-16(19(24)25)18(22-27-17)23-11-9-20(10-12-23)8-2-3-15(20)21;;/h4-7,15H,2-3,8-12,21H2,1H3,(H,24,25);2*1H. The van der Waals surface area contributed by atoms with Gasteiger partial charge >= 0.3 is 5.97 Å². The van der Waals surface area contributed by atoms with Crippen molar-refractivity contribution in [2.45, 2.75) is 38.1 Å². The Morgan fingerprint density at radius 2 is 1.90 bits per heavy atom. The van der Waals surface area contributed by atoms with E-state index in [1.807, 2.05) is 4.90 Å². The zero-order chi connectivity index (χ0) is 19.0. The molecule has 1 atom stereocenters. The first-order chi connectivity index (χ1) is 13.0. The van der Waals surface area contributed by atoms with Gasteiger partial charge in [0.15, 0.2) is 17.1 Å². The molecule has 4 rings (SSSR count). The van der Waals surface area contributed by atoms with Gasteiger partial charge in [-0.25, -0.2) is 4.79 Å². The molecule has 2 heterocycles. The highest BCUT2D eigenvalue weighted by Gasteiger charge is 2.43. The van der Waals surface area contributed by atoms with E-state index in [9.17, 15) is 9.90 Å². The third-order valence-corrected chi connectivity index (χ3v) is 6.28. The Kier molecular flexibility index (Phi) is 7.43. The quantitative estimate of drug-likeness (QED) is 0.735. The molecule has 0 radical (unpaired) electrons. The Labute approximate surface area is 182 Å². The van der Waals surface area contributed by atoms with Crippen LogP contribution in [-0.2, 0) is 0 Å². The molecule has 1 spiro atoms. The van der Waals surface area contributed by atoms with E-state index < -0.39 is 5.97 Å². The fourth-order valence-corrected chi connectivity index (χ4v) is 4.58. The molecule has 1 unspecified atom stereocenters. The number of methoxy groups -OCH3 is 1. The molecule has 1 aromatic heterocycles. The number of carboxylic acids is 1. The lowest BCUT2D eigenvalue weighted by Gasteiger charge is -2.42. The Morgan fingerprint density at radius 1 is 1.24 bits per heavy atom. The van der Waals surface area contributed by atoms with Crippen LogP contribution in [0, 0.1) is 5.41 Å². The second-order valence-corrected chi connectivity index (χ2v) is 7.59. The summed E-state index contributed by atoms with van der Waals surface area (Å²) in [5.41, 5.74) is 7.35. The van der Waals surface area contributed by atoms with Gasteiger partial charge in [0.25, 0.3) is 0 Å². The molecule has 1 aliphatic carbocycles. The van der Waals surface area contributed by atoms with Crippen molar-refractivity contribution in [3.8, 4) is 17.1 Å². The molecule has 9 heteroatoms. The number of piperidine rings is 1. The summed E-state index contributed by atoms with van der Waals surface area (Å²) in [6, 6.07) is 7.35. The molecule has 7 nitrogen and oxygen atoms in total. The zero-order valence-corrected chi connectivity index (χ0v) is 17.9. The van der Waals surface area contributed by atoms with Crippen molar-refractivity contribution in [3.63, 3.8) is 0 Å². The highest BCUT2D eigenvalue weighted by atomic mass is 35.5. The molecule has 1 saturated heterocycles. The maximum absolute atomic E-state index is 12.0. The van der Waals surface area contributed by atoms with Gasteiger partial charge in [0, 0.05) is 24.7 Å². The molecule has 1 saturated carbocycles. The topological polar surface area (TPSA) is 102 Å². The van der Waals surface area contributed by atoms with Gasteiger partial charge in [0.05, 0.1) is 7.11 Å². The number of benzene rings is 1. The number of nitrogens with two attached hydrogens (primary N) is 1. The first-order valence-corrected chi connectivity index (χ1v) is 9.42. The van der Waals surface area contributed by atoms with E-state index in [-0.39, 0.29) is 47.6 Å². The molecule has 1 aromatic carbocycles. The number of carboxylic acid groups (broad SMARTS) is 1. The van der Waals surface area contributed by atoms with Gasteiger partial charge in [-0.1, -0.05) is 11.6 Å². The van der Waals surface area contributed by atoms with Crippen LogP contribution in [0.5, 0.6) is 5.75 Å². The van der Waals surface area contributed by atoms with Crippen LogP contribution in [-0.4, -0.2) is 42.5 Å². The molecule has 0 amide bonds. The lowest BCUT2D eigenvalue weighted by atomic mass is 9.74. The van der Waals surface area contributed by atoms with Crippen LogP contribution in [0.15, 0.2) is 28.8 Å². The van der Waals surface area contributed by atoms with Crippen molar-refractivity contribution >= 4 is 36.6 Å². The monoisotopic (exact) mass is 443 g/mol. The summed E-state index contributed by atoms with van der Waals surface area (Å²) in [6.45, 7) is 1.51. The average Bonchev–Trinajstić information content (AvgIpc) is 3.27. The van der Waals surface area contributed by atoms with Crippen molar-refractivity contribution in [1.82, 2.24) is 5.16 Å². The number of ether oxygens (including phenoxy) is 1. The van der Waals surface area contributed by atoms with Gasteiger partial charge < -0.3 is 25.0 Å². The zero-order valence-electron chi connectivity index (χ0n) is 16.3. The number of anilines is 1. The number of hydrogen-bond acceptors (Lipinski definition) is 6. The van der Waals surface area contributed by atoms with Crippen molar-refractivity contribution in [3.05, 3.63) is 29.8 Å². The van der Waals surface area contributed by atoms with Crippen molar-refractivity contribution < 1.29 is 19.2 Å². The van der Waals surface area contributed by atoms with Crippen molar-refractivity contribution in [1.29, 1.82) is 0 Å². The number of halogens is 2. The normalized spacial score (nSPS) is 20.1. The first-order valence-electron chi connectivity index (χ1n) is 9.42. The third kappa shape index (κ3) is 4.17. The highest BCUT2D eigenvalue weighted by Crippen LogP contribution is 2.46. The second kappa shape index (κ2) is 9.24. The van der Waals surface area contributed by atoms with E-state index in [1.165, 1.54) is 12.8 Å². The smallest absolute Gasteiger partial charge is 0.343 e. The Bertz CT molecular complexity index is 833. The van der Waals surface area contributed by atoms with Crippen LogP contribution in [0.1, 0.15) is 42.5 Å². The minimum Gasteiger partial charge on any atom is -0.497 e. The Hall–Kier alpha value is -1.96. The highest BCUT2D eigenvalue weighted by molar-refractivity contribution is 5.99. The maximum atomic E-state index is 12.0. The second-order valence-electron chi connectivity index (χ2n) is 7.59. The number of aromatic carboxylic acids is 1. The van der Waals surface area contributed by atoms with E-state index in [4.69, 9.17) is 15.0 Å². The van der Waals surface area contributed by atoms with Gasteiger partial charge in [0.1, 0.15) is 5.75 Å². The minimum absolute atomic E-state index is 0. The summed E-state index contributed by atoms with van der Waals surface area (Å²) < 4.78 is 10.6. The van der Waals surface area contributed by atoms with Gasteiger partial charge in [0.2, 0.25) is 0 Å². The first kappa shape index (κ1) is 23.3.